The van der Waals surface area contributed by atoms with Gasteiger partial charge >= 0.3 is 0 Å². The average Bonchev–Trinajstić information content (AvgIpc) is 3.91. The Labute approximate surface area is 394 Å². The van der Waals surface area contributed by atoms with Gasteiger partial charge in [-0.1, -0.05) is 188 Å². The van der Waals surface area contributed by atoms with Crippen LogP contribution in [0.25, 0.3) is 111 Å². The number of rotatable bonds is 5. The van der Waals surface area contributed by atoms with E-state index in [2.05, 4.69) is 231 Å². The third kappa shape index (κ3) is 5.79. The van der Waals surface area contributed by atoms with Gasteiger partial charge in [0.05, 0.1) is 16.8 Å². The SMILES string of the molecule is c1ccc(-c2cc(-c3ccccc3)cc(-c3nc(-c4ccc5c(c4)-c4ccccc4C54c5ccccc5-c5ccccc5-c5ccccc54)cc(-c4ccc5oc6ccccc6c5c4)n3)c2)cc1. The molecule has 0 atom stereocenters. The van der Waals surface area contributed by atoms with Gasteiger partial charge < -0.3 is 4.42 Å². The summed E-state index contributed by atoms with van der Waals surface area (Å²) >= 11 is 0. The molecule has 2 aliphatic carbocycles. The summed E-state index contributed by atoms with van der Waals surface area (Å²) < 4.78 is 6.30. The van der Waals surface area contributed by atoms with Crippen molar-refractivity contribution in [3.05, 3.63) is 265 Å². The van der Waals surface area contributed by atoms with Gasteiger partial charge in [0.25, 0.3) is 0 Å². The lowest BCUT2D eigenvalue weighted by atomic mass is 9.66. The molecule has 68 heavy (non-hydrogen) atoms. The highest BCUT2D eigenvalue weighted by atomic mass is 16.3. The lowest BCUT2D eigenvalue weighted by molar-refractivity contribution is 0.669. The van der Waals surface area contributed by atoms with Crippen molar-refractivity contribution in [1.29, 1.82) is 0 Å². The van der Waals surface area contributed by atoms with Gasteiger partial charge in [-0.2, -0.15) is 0 Å². The standard InChI is InChI=1S/C65H40N2O/c1-3-17-41(18-4-1)45-35-46(42-19-5-2-6-20-42)37-47(36-45)64-66-60(40-61(67-64)44-32-34-63-55(39-44)53-26-12-16-30-62(53)68-63)43-31-33-59-54(38-43)52-25-11-15-29-58(52)65(59)56-27-13-9-23-50(56)48-21-7-8-22-49(48)51-24-10-14-28-57(51)65/h1-40H. The number of hydrogen-bond acceptors (Lipinski definition) is 3. The van der Waals surface area contributed by atoms with Gasteiger partial charge in [0.15, 0.2) is 5.82 Å². The van der Waals surface area contributed by atoms with E-state index in [1.54, 1.807) is 0 Å². The number of furan rings is 1. The minimum atomic E-state index is -0.562. The summed E-state index contributed by atoms with van der Waals surface area (Å²) in [6.07, 6.45) is 0. The zero-order valence-corrected chi connectivity index (χ0v) is 36.9. The highest BCUT2D eigenvalue weighted by Crippen LogP contribution is 2.61. The van der Waals surface area contributed by atoms with E-state index in [-0.39, 0.29) is 0 Å². The molecule has 1 spiro atoms. The third-order valence-corrected chi connectivity index (χ3v) is 14.3. The fraction of sp³-hybridized carbons (Fsp3) is 0.0154. The molecule has 0 radical (unpaired) electrons. The molecule has 0 saturated heterocycles. The smallest absolute Gasteiger partial charge is 0.160 e. The third-order valence-electron chi connectivity index (χ3n) is 14.3. The Morgan fingerprint density at radius 2 is 0.706 bits per heavy atom. The lowest BCUT2D eigenvalue weighted by Gasteiger charge is -2.35. The molecule has 14 rings (SSSR count). The van der Waals surface area contributed by atoms with Crippen LogP contribution in [0.1, 0.15) is 22.3 Å². The predicted octanol–water partition coefficient (Wildman–Crippen LogP) is 16.7. The van der Waals surface area contributed by atoms with E-state index in [1.807, 2.05) is 12.1 Å². The van der Waals surface area contributed by atoms with Gasteiger partial charge in [0.2, 0.25) is 0 Å². The molecule has 3 heteroatoms. The van der Waals surface area contributed by atoms with Gasteiger partial charge in [-0.15, -0.1) is 0 Å². The maximum Gasteiger partial charge on any atom is 0.160 e. The minimum Gasteiger partial charge on any atom is -0.456 e. The Morgan fingerprint density at radius 3 is 1.31 bits per heavy atom. The average molecular weight is 865 g/mol. The summed E-state index contributed by atoms with van der Waals surface area (Å²) in [6.45, 7) is 0. The summed E-state index contributed by atoms with van der Waals surface area (Å²) in [5, 5.41) is 2.14. The summed E-state index contributed by atoms with van der Waals surface area (Å²) in [5.41, 5.74) is 22.9. The predicted molar refractivity (Wildman–Crippen MR) is 278 cm³/mol. The van der Waals surface area contributed by atoms with Gasteiger partial charge in [-0.05, 0) is 132 Å². The second kappa shape index (κ2) is 15.1. The van der Waals surface area contributed by atoms with Crippen molar-refractivity contribution < 1.29 is 4.42 Å². The van der Waals surface area contributed by atoms with Crippen LogP contribution in [0, 0.1) is 0 Å². The van der Waals surface area contributed by atoms with Crippen molar-refractivity contribution in [2.45, 2.75) is 5.41 Å². The molecule has 2 aliphatic rings. The van der Waals surface area contributed by atoms with E-state index >= 15 is 0 Å². The summed E-state index contributed by atoms with van der Waals surface area (Å²) in [5.74, 6) is 0.659. The molecule has 3 nitrogen and oxygen atoms in total. The maximum absolute atomic E-state index is 6.30. The Bertz CT molecular complexity index is 3850. The van der Waals surface area contributed by atoms with E-state index in [1.165, 1.54) is 55.6 Å². The van der Waals surface area contributed by atoms with E-state index in [0.717, 1.165) is 72.3 Å². The number of para-hydroxylation sites is 1. The fourth-order valence-electron chi connectivity index (χ4n) is 11.3. The highest BCUT2D eigenvalue weighted by molar-refractivity contribution is 6.06. The summed E-state index contributed by atoms with van der Waals surface area (Å²) in [6, 6.07) is 87.8. The van der Waals surface area contributed by atoms with Crippen molar-refractivity contribution in [3.8, 4) is 89.5 Å². The molecule has 316 valence electrons. The Balaban J connectivity index is 1.02. The molecule has 0 aliphatic heterocycles. The van der Waals surface area contributed by atoms with Gasteiger partial charge in [0, 0.05) is 27.5 Å². The van der Waals surface area contributed by atoms with E-state index in [4.69, 9.17) is 14.4 Å². The van der Waals surface area contributed by atoms with Gasteiger partial charge in [-0.3, -0.25) is 0 Å². The molecule has 2 aromatic heterocycles. The molecular weight excluding hydrogens is 825 g/mol. The van der Waals surface area contributed by atoms with Gasteiger partial charge in [0.1, 0.15) is 11.2 Å². The van der Waals surface area contributed by atoms with Crippen LogP contribution >= 0.6 is 0 Å². The Morgan fingerprint density at radius 1 is 0.265 bits per heavy atom. The lowest BCUT2D eigenvalue weighted by Crippen LogP contribution is -2.29. The Kier molecular flexibility index (Phi) is 8.50. The minimum absolute atomic E-state index is 0.562. The number of hydrogen-bond donors (Lipinski definition) is 0. The molecule has 0 N–H and O–H groups in total. The molecule has 0 amide bonds. The van der Waals surface area contributed by atoms with Crippen LogP contribution in [-0.4, -0.2) is 9.97 Å². The molecule has 2 heterocycles. The van der Waals surface area contributed by atoms with Gasteiger partial charge in [-0.25, -0.2) is 9.97 Å². The molecule has 0 unspecified atom stereocenters. The monoisotopic (exact) mass is 864 g/mol. The van der Waals surface area contributed by atoms with Crippen LogP contribution in [0.15, 0.2) is 247 Å². The largest absolute Gasteiger partial charge is 0.456 e. The number of aromatic nitrogens is 2. The molecular formula is C65H40N2O. The van der Waals surface area contributed by atoms with Crippen molar-refractivity contribution in [2.24, 2.45) is 0 Å². The molecule has 0 bridgehead atoms. The second-order valence-corrected chi connectivity index (χ2v) is 18.0. The topological polar surface area (TPSA) is 38.9 Å². The highest BCUT2D eigenvalue weighted by Gasteiger charge is 2.49. The van der Waals surface area contributed by atoms with Crippen LogP contribution in [0.2, 0.25) is 0 Å². The van der Waals surface area contributed by atoms with E-state index < -0.39 is 5.41 Å². The van der Waals surface area contributed by atoms with Crippen LogP contribution in [0.5, 0.6) is 0 Å². The molecule has 0 saturated carbocycles. The number of benzene rings is 10. The van der Waals surface area contributed by atoms with Crippen LogP contribution < -0.4 is 0 Å². The van der Waals surface area contributed by atoms with Crippen LogP contribution in [0.4, 0.5) is 0 Å². The van der Waals surface area contributed by atoms with Crippen LogP contribution in [0.3, 0.4) is 0 Å². The second-order valence-electron chi connectivity index (χ2n) is 18.0. The molecule has 10 aromatic carbocycles. The first kappa shape index (κ1) is 38.4. The van der Waals surface area contributed by atoms with Crippen molar-refractivity contribution in [3.63, 3.8) is 0 Å². The summed E-state index contributed by atoms with van der Waals surface area (Å²) in [7, 11) is 0. The normalized spacial score (nSPS) is 12.8. The van der Waals surface area contributed by atoms with Crippen molar-refractivity contribution in [1.82, 2.24) is 9.97 Å². The first-order valence-electron chi connectivity index (χ1n) is 23.3. The summed E-state index contributed by atoms with van der Waals surface area (Å²) in [4.78, 5) is 11.0. The molecule has 12 aromatic rings. The maximum atomic E-state index is 6.30. The van der Waals surface area contributed by atoms with E-state index in [9.17, 15) is 0 Å². The number of nitrogens with zero attached hydrogens (tertiary/aromatic N) is 2. The number of fused-ring (bicyclic) bond motifs is 15. The Hall–Kier alpha value is -8.92. The fourth-order valence-corrected chi connectivity index (χ4v) is 11.3. The van der Waals surface area contributed by atoms with Crippen molar-refractivity contribution >= 4 is 21.9 Å². The zero-order chi connectivity index (χ0) is 44.8. The van der Waals surface area contributed by atoms with Crippen molar-refractivity contribution in [2.75, 3.05) is 0 Å². The quantitative estimate of drug-likeness (QED) is 0.173. The van der Waals surface area contributed by atoms with E-state index in [0.29, 0.717) is 5.82 Å². The van der Waals surface area contributed by atoms with Crippen LogP contribution in [-0.2, 0) is 5.41 Å². The first-order valence-corrected chi connectivity index (χ1v) is 23.3. The zero-order valence-electron chi connectivity index (χ0n) is 36.9. The first-order chi connectivity index (χ1) is 33.7. The molecule has 0 fully saturated rings.